The third kappa shape index (κ3) is 3.26. The number of hydrogen-bond acceptors (Lipinski definition) is 3. The Hall–Kier alpha value is -0.390. The van der Waals surface area contributed by atoms with Crippen LogP contribution in [-0.2, 0) is 4.74 Å². The van der Waals surface area contributed by atoms with Crippen LogP contribution >= 0.6 is 15.9 Å². The maximum atomic E-state index is 10.8. The lowest BCUT2D eigenvalue weighted by Gasteiger charge is -2.33. The van der Waals surface area contributed by atoms with Gasteiger partial charge in [-0.1, -0.05) is 19.3 Å². The van der Waals surface area contributed by atoms with E-state index in [1.807, 2.05) is 4.68 Å². The topological polar surface area (TPSA) is 47.3 Å². The SMILES string of the molecule is COC(C1CCCCC1)C(O)c1c(Br)cnn1C(C)C. The van der Waals surface area contributed by atoms with Gasteiger partial charge in [-0.05, 0) is 48.5 Å². The summed E-state index contributed by atoms with van der Waals surface area (Å²) in [7, 11) is 1.70. The Labute approximate surface area is 129 Å². The highest BCUT2D eigenvalue weighted by atomic mass is 79.9. The summed E-state index contributed by atoms with van der Waals surface area (Å²) in [6.45, 7) is 4.14. The predicted octanol–water partition coefficient (Wildman–Crippen LogP) is 3.86. The molecule has 0 spiro atoms. The average molecular weight is 345 g/mol. The summed E-state index contributed by atoms with van der Waals surface area (Å²) in [6, 6.07) is 0.217. The molecule has 1 saturated carbocycles. The zero-order valence-corrected chi connectivity index (χ0v) is 14.1. The summed E-state index contributed by atoms with van der Waals surface area (Å²) >= 11 is 3.51. The Morgan fingerprint density at radius 2 is 2.00 bits per heavy atom. The Bertz CT molecular complexity index is 428. The van der Waals surface area contributed by atoms with E-state index in [1.165, 1.54) is 19.3 Å². The number of aliphatic hydroxyl groups is 1. The molecular weight excluding hydrogens is 320 g/mol. The number of nitrogens with zero attached hydrogens (tertiary/aromatic N) is 2. The lowest BCUT2D eigenvalue weighted by atomic mass is 9.82. The van der Waals surface area contributed by atoms with Crippen molar-refractivity contribution in [3.63, 3.8) is 0 Å². The lowest BCUT2D eigenvalue weighted by molar-refractivity contribution is -0.0598. The number of ether oxygens (including phenoxy) is 1. The number of rotatable bonds is 5. The van der Waals surface area contributed by atoms with Crippen LogP contribution in [0.3, 0.4) is 0 Å². The van der Waals surface area contributed by atoms with Crippen molar-refractivity contribution in [1.29, 1.82) is 0 Å². The van der Waals surface area contributed by atoms with E-state index in [2.05, 4.69) is 34.9 Å². The molecule has 1 heterocycles. The highest BCUT2D eigenvalue weighted by Gasteiger charge is 2.33. The standard InChI is InChI=1S/C15H25BrN2O2/c1-10(2)18-13(12(16)9-17-18)14(19)15(20-3)11-7-5-4-6-8-11/h9-11,14-15,19H,4-8H2,1-3H3. The molecule has 0 saturated heterocycles. The molecule has 2 unspecified atom stereocenters. The molecule has 114 valence electrons. The van der Waals surface area contributed by atoms with Gasteiger partial charge in [0.05, 0.1) is 22.5 Å². The molecule has 0 aromatic carbocycles. The number of aromatic nitrogens is 2. The van der Waals surface area contributed by atoms with Gasteiger partial charge in [0.2, 0.25) is 0 Å². The second kappa shape index (κ2) is 7.05. The van der Waals surface area contributed by atoms with Crippen molar-refractivity contribution in [3.8, 4) is 0 Å². The van der Waals surface area contributed by atoms with Crippen LogP contribution in [0, 0.1) is 5.92 Å². The van der Waals surface area contributed by atoms with E-state index in [0.717, 1.165) is 23.0 Å². The van der Waals surface area contributed by atoms with E-state index in [0.29, 0.717) is 5.92 Å². The fourth-order valence-corrected chi connectivity index (χ4v) is 3.74. The summed E-state index contributed by atoms with van der Waals surface area (Å²) in [5.41, 5.74) is 0.831. The molecule has 5 heteroatoms. The zero-order valence-electron chi connectivity index (χ0n) is 12.6. The second-order valence-corrected chi connectivity index (χ2v) is 6.81. The normalized spacial score (nSPS) is 20.3. The first-order valence-corrected chi connectivity index (χ1v) is 8.29. The molecule has 2 rings (SSSR count). The zero-order chi connectivity index (χ0) is 14.7. The van der Waals surface area contributed by atoms with Crippen LogP contribution in [0.25, 0.3) is 0 Å². The molecular formula is C15H25BrN2O2. The molecule has 1 aliphatic carbocycles. The summed E-state index contributed by atoms with van der Waals surface area (Å²) in [6.07, 6.45) is 7.03. The molecule has 1 aliphatic rings. The van der Waals surface area contributed by atoms with Crippen molar-refractivity contribution in [2.24, 2.45) is 5.92 Å². The van der Waals surface area contributed by atoms with E-state index >= 15 is 0 Å². The first kappa shape index (κ1) is 16.0. The molecule has 0 bridgehead atoms. The van der Waals surface area contributed by atoms with Crippen molar-refractivity contribution in [3.05, 3.63) is 16.4 Å². The maximum Gasteiger partial charge on any atom is 0.123 e. The van der Waals surface area contributed by atoms with Gasteiger partial charge in [0.1, 0.15) is 6.10 Å². The van der Waals surface area contributed by atoms with Gasteiger partial charge < -0.3 is 9.84 Å². The molecule has 1 fully saturated rings. The van der Waals surface area contributed by atoms with Gasteiger partial charge in [-0.3, -0.25) is 4.68 Å². The third-order valence-corrected chi connectivity index (χ3v) is 4.87. The second-order valence-electron chi connectivity index (χ2n) is 5.96. The van der Waals surface area contributed by atoms with Crippen LogP contribution in [0.1, 0.15) is 63.8 Å². The van der Waals surface area contributed by atoms with Crippen LogP contribution < -0.4 is 0 Å². The predicted molar refractivity (Wildman–Crippen MR) is 82.6 cm³/mol. The van der Waals surface area contributed by atoms with Crippen molar-refractivity contribution in [2.45, 2.75) is 64.2 Å². The van der Waals surface area contributed by atoms with E-state index in [1.54, 1.807) is 13.3 Å². The van der Waals surface area contributed by atoms with Gasteiger partial charge in [-0.2, -0.15) is 5.10 Å². The van der Waals surface area contributed by atoms with Gasteiger partial charge in [-0.15, -0.1) is 0 Å². The van der Waals surface area contributed by atoms with Gasteiger partial charge in [0, 0.05) is 13.2 Å². The molecule has 20 heavy (non-hydrogen) atoms. The van der Waals surface area contributed by atoms with Crippen LogP contribution in [-0.4, -0.2) is 28.1 Å². The fraction of sp³-hybridized carbons (Fsp3) is 0.800. The minimum atomic E-state index is -0.637. The molecule has 1 aromatic rings. The van der Waals surface area contributed by atoms with Gasteiger partial charge in [0.15, 0.2) is 0 Å². The smallest absolute Gasteiger partial charge is 0.123 e. The summed E-state index contributed by atoms with van der Waals surface area (Å²) in [5, 5.41) is 15.2. The summed E-state index contributed by atoms with van der Waals surface area (Å²) in [5.74, 6) is 0.436. The van der Waals surface area contributed by atoms with E-state index < -0.39 is 6.10 Å². The molecule has 0 amide bonds. The Balaban J connectivity index is 2.23. The molecule has 0 aliphatic heterocycles. The minimum absolute atomic E-state index is 0.152. The first-order chi connectivity index (χ1) is 9.56. The third-order valence-electron chi connectivity index (χ3n) is 4.25. The number of methoxy groups -OCH3 is 1. The van der Waals surface area contributed by atoms with Gasteiger partial charge >= 0.3 is 0 Å². The minimum Gasteiger partial charge on any atom is -0.384 e. The first-order valence-electron chi connectivity index (χ1n) is 7.50. The quantitative estimate of drug-likeness (QED) is 0.882. The highest BCUT2D eigenvalue weighted by molar-refractivity contribution is 9.10. The van der Waals surface area contributed by atoms with Crippen LogP contribution in [0.4, 0.5) is 0 Å². The molecule has 1 N–H and O–H groups in total. The fourth-order valence-electron chi connectivity index (χ4n) is 3.24. The maximum absolute atomic E-state index is 10.8. The lowest BCUT2D eigenvalue weighted by Crippen LogP contribution is -2.33. The monoisotopic (exact) mass is 344 g/mol. The molecule has 1 aromatic heterocycles. The van der Waals surface area contributed by atoms with E-state index in [9.17, 15) is 5.11 Å². The summed E-state index contributed by atoms with van der Waals surface area (Å²) < 4.78 is 8.39. The highest BCUT2D eigenvalue weighted by Crippen LogP contribution is 2.36. The van der Waals surface area contributed by atoms with Crippen molar-refractivity contribution >= 4 is 15.9 Å². The van der Waals surface area contributed by atoms with Crippen LogP contribution in [0.15, 0.2) is 10.7 Å². The Kier molecular flexibility index (Phi) is 5.64. The van der Waals surface area contributed by atoms with Crippen molar-refractivity contribution < 1.29 is 9.84 Å². The molecule has 4 nitrogen and oxygen atoms in total. The van der Waals surface area contributed by atoms with E-state index in [-0.39, 0.29) is 12.1 Å². The average Bonchev–Trinajstić information content (AvgIpc) is 2.82. The van der Waals surface area contributed by atoms with Gasteiger partial charge in [0.25, 0.3) is 0 Å². The largest absolute Gasteiger partial charge is 0.384 e. The van der Waals surface area contributed by atoms with Crippen molar-refractivity contribution in [1.82, 2.24) is 9.78 Å². The number of halogens is 1. The molecule has 2 atom stereocenters. The molecule has 0 radical (unpaired) electrons. The van der Waals surface area contributed by atoms with Crippen molar-refractivity contribution in [2.75, 3.05) is 7.11 Å². The van der Waals surface area contributed by atoms with Gasteiger partial charge in [-0.25, -0.2) is 0 Å². The Morgan fingerprint density at radius 1 is 1.35 bits per heavy atom. The number of aliphatic hydroxyl groups excluding tert-OH is 1. The number of hydrogen-bond donors (Lipinski definition) is 1. The summed E-state index contributed by atoms with van der Waals surface area (Å²) in [4.78, 5) is 0. The van der Waals surface area contributed by atoms with Crippen LogP contribution in [0.2, 0.25) is 0 Å². The van der Waals surface area contributed by atoms with E-state index in [4.69, 9.17) is 4.74 Å². The Morgan fingerprint density at radius 3 is 2.55 bits per heavy atom. The van der Waals surface area contributed by atoms with Crippen LogP contribution in [0.5, 0.6) is 0 Å².